The van der Waals surface area contributed by atoms with Crippen LogP contribution in [-0.4, -0.2) is 24.5 Å². The summed E-state index contributed by atoms with van der Waals surface area (Å²) in [6.45, 7) is 0. The molecule has 4 heterocycles. The van der Waals surface area contributed by atoms with Crippen LogP contribution in [0.25, 0.3) is 115 Å². The van der Waals surface area contributed by atoms with Crippen molar-refractivity contribution in [1.29, 1.82) is 0 Å². The van der Waals surface area contributed by atoms with Gasteiger partial charge >= 0.3 is 0 Å². The first-order chi connectivity index (χ1) is 29.7. The predicted molar refractivity (Wildman–Crippen MR) is 250 cm³/mol. The predicted octanol–water partition coefficient (Wildman–Crippen LogP) is 14.2. The number of pyridine rings is 1. The van der Waals surface area contributed by atoms with Crippen LogP contribution in [0.4, 0.5) is 0 Å². The first-order valence-electron chi connectivity index (χ1n) is 20.1. The lowest BCUT2D eigenvalue weighted by atomic mass is 9.99. The van der Waals surface area contributed by atoms with Gasteiger partial charge in [-0.2, -0.15) is 0 Å². The van der Waals surface area contributed by atoms with Crippen LogP contribution in [0.1, 0.15) is 0 Å². The second kappa shape index (κ2) is 13.9. The molecule has 0 aliphatic heterocycles. The molecule has 0 aliphatic carbocycles. The minimum atomic E-state index is 0.613. The zero-order valence-electron chi connectivity index (χ0n) is 32.2. The zero-order chi connectivity index (χ0) is 39.6. The molecule has 4 aromatic heterocycles. The summed E-state index contributed by atoms with van der Waals surface area (Å²) in [6, 6.07) is 70.2. The van der Waals surface area contributed by atoms with Gasteiger partial charge in [0.2, 0.25) is 0 Å². The lowest BCUT2D eigenvalue weighted by Crippen LogP contribution is -2.00. The first-order valence-corrected chi connectivity index (χ1v) is 20.9. The van der Waals surface area contributed by atoms with Crippen molar-refractivity contribution in [2.24, 2.45) is 0 Å². The van der Waals surface area contributed by atoms with Crippen LogP contribution in [0.5, 0.6) is 0 Å². The van der Waals surface area contributed by atoms with Crippen LogP contribution in [0.2, 0.25) is 0 Å². The third kappa shape index (κ3) is 5.69. The second-order valence-electron chi connectivity index (χ2n) is 15.0. The van der Waals surface area contributed by atoms with Crippen molar-refractivity contribution >= 4 is 64.2 Å². The SMILES string of the molecule is c1ccc(-c2ccc3c(c2)nc(-c2ccc(-c4nc(-c5ccccc5)nc(-c5ccc(-n6c7ccccc7c7ccccc76)cc5)n4)cc2)c2c4ccccc4sc32)cc1. The number of para-hydroxylation sites is 2. The highest BCUT2D eigenvalue weighted by molar-refractivity contribution is 7.26. The van der Waals surface area contributed by atoms with Crippen molar-refractivity contribution in [3.05, 3.63) is 200 Å². The lowest BCUT2D eigenvalue weighted by molar-refractivity contribution is 1.07. The molecular formula is C54H33N5S. The Hall–Kier alpha value is -7.80. The molecule has 0 bridgehead atoms. The number of hydrogen-bond acceptors (Lipinski definition) is 5. The van der Waals surface area contributed by atoms with Gasteiger partial charge in [0, 0.05) is 64.3 Å². The molecule has 0 amide bonds. The lowest BCUT2D eigenvalue weighted by Gasteiger charge is -2.12. The van der Waals surface area contributed by atoms with Gasteiger partial charge in [0.1, 0.15) is 0 Å². The smallest absolute Gasteiger partial charge is 0.164 e. The van der Waals surface area contributed by atoms with Gasteiger partial charge in [-0.05, 0) is 59.7 Å². The number of fused-ring (bicyclic) bond motifs is 8. The molecule has 8 aromatic carbocycles. The van der Waals surface area contributed by atoms with E-state index in [1.807, 2.05) is 41.7 Å². The summed E-state index contributed by atoms with van der Waals surface area (Å²) in [4.78, 5) is 20.6. The number of aromatic nitrogens is 5. The summed E-state index contributed by atoms with van der Waals surface area (Å²) < 4.78 is 4.82. The summed E-state index contributed by atoms with van der Waals surface area (Å²) in [7, 11) is 0. The molecule has 280 valence electrons. The molecule has 0 atom stereocenters. The standard InChI is InChI=1S/C54H33N5S/c1-3-13-34(14-4-1)39-29-32-43-45(33-39)55-50(49-44-19-9-12-22-48(44)60-51(43)49)35-23-25-37(26-24-35)53-56-52(36-15-5-2-6-16-36)57-54(58-53)38-27-30-40(31-28-38)59-46-20-10-7-17-41(46)42-18-8-11-21-47(42)59/h1-33H. The van der Waals surface area contributed by atoms with E-state index in [0.29, 0.717) is 17.5 Å². The highest BCUT2D eigenvalue weighted by atomic mass is 32.1. The van der Waals surface area contributed by atoms with Crippen molar-refractivity contribution in [2.45, 2.75) is 0 Å². The van der Waals surface area contributed by atoms with Gasteiger partial charge in [0.15, 0.2) is 17.5 Å². The molecule has 0 saturated heterocycles. The number of thiophene rings is 1. The third-order valence-corrected chi connectivity index (χ3v) is 12.7. The molecule has 0 fully saturated rings. The minimum absolute atomic E-state index is 0.613. The average molecular weight is 784 g/mol. The van der Waals surface area contributed by atoms with Gasteiger partial charge in [-0.3, -0.25) is 0 Å². The van der Waals surface area contributed by atoms with Crippen molar-refractivity contribution in [3.8, 4) is 62.2 Å². The van der Waals surface area contributed by atoms with Gasteiger partial charge in [-0.25, -0.2) is 19.9 Å². The third-order valence-electron chi connectivity index (χ3n) is 11.5. The molecule has 0 spiro atoms. The molecule has 0 N–H and O–H groups in total. The summed E-state index contributed by atoms with van der Waals surface area (Å²) in [5, 5.41) is 6.04. The summed E-state index contributed by atoms with van der Waals surface area (Å²) in [6.07, 6.45) is 0. The second-order valence-corrected chi connectivity index (χ2v) is 16.1. The monoisotopic (exact) mass is 783 g/mol. The average Bonchev–Trinajstić information content (AvgIpc) is 3.88. The normalized spacial score (nSPS) is 11.7. The highest BCUT2D eigenvalue weighted by Crippen LogP contribution is 2.44. The number of benzene rings is 8. The zero-order valence-corrected chi connectivity index (χ0v) is 33.0. The molecule has 0 radical (unpaired) electrons. The van der Waals surface area contributed by atoms with E-state index in [0.717, 1.165) is 44.7 Å². The topological polar surface area (TPSA) is 56.5 Å². The van der Waals surface area contributed by atoms with Crippen LogP contribution >= 0.6 is 11.3 Å². The maximum absolute atomic E-state index is 5.41. The fourth-order valence-corrected chi connectivity index (χ4v) is 9.81. The van der Waals surface area contributed by atoms with Gasteiger partial charge in [0.25, 0.3) is 0 Å². The molecule has 0 aliphatic rings. The Kier molecular flexibility index (Phi) is 7.96. The minimum Gasteiger partial charge on any atom is -0.309 e. The van der Waals surface area contributed by atoms with E-state index in [1.165, 1.54) is 52.9 Å². The molecule has 60 heavy (non-hydrogen) atoms. The van der Waals surface area contributed by atoms with E-state index in [2.05, 4.69) is 174 Å². The van der Waals surface area contributed by atoms with E-state index in [4.69, 9.17) is 19.9 Å². The van der Waals surface area contributed by atoms with Crippen molar-refractivity contribution in [2.75, 3.05) is 0 Å². The summed E-state index contributed by atoms with van der Waals surface area (Å²) in [5.41, 5.74) is 11.5. The quantitative estimate of drug-likeness (QED) is 0.169. The molecule has 6 heteroatoms. The molecule has 12 rings (SSSR count). The number of rotatable bonds is 6. The molecule has 5 nitrogen and oxygen atoms in total. The fourth-order valence-electron chi connectivity index (χ4n) is 8.57. The van der Waals surface area contributed by atoms with Gasteiger partial charge in [-0.15, -0.1) is 11.3 Å². The highest BCUT2D eigenvalue weighted by Gasteiger charge is 2.19. The van der Waals surface area contributed by atoms with Gasteiger partial charge in [-0.1, -0.05) is 152 Å². The van der Waals surface area contributed by atoms with Crippen molar-refractivity contribution < 1.29 is 0 Å². The molecule has 0 saturated carbocycles. The van der Waals surface area contributed by atoms with Crippen LogP contribution in [0, 0.1) is 0 Å². The Balaban J connectivity index is 0.968. The molecular weight excluding hydrogens is 751 g/mol. The Bertz CT molecular complexity index is 3520. The summed E-state index contributed by atoms with van der Waals surface area (Å²) in [5.74, 6) is 1.86. The van der Waals surface area contributed by atoms with Crippen LogP contribution in [0.15, 0.2) is 200 Å². The Labute approximate surface area is 349 Å². The first kappa shape index (κ1) is 34.3. The maximum Gasteiger partial charge on any atom is 0.164 e. The maximum atomic E-state index is 5.41. The van der Waals surface area contributed by atoms with E-state index in [1.54, 1.807) is 0 Å². The van der Waals surface area contributed by atoms with Gasteiger partial charge < -0.3 is 4.57 Å². The van der Waals surface area contributed by atoms with Crippen molar-refractivity contribution in [1.82, 2.24) is 24.5 Å². The number of nitrogens with zero attached hydrogens (tertiary/aromatic N) is 5. The summed E-state index contributed by atoms with van der Waals surface area (Å²) >= 11 is 1.83. The van der Waals surface area contributed by atoms with Crippen LogP contribution in [0.3, 0.4) is 0 Å². The van der Waals surface area contributed by atoms with E-state index >= 15 is 0 Å². The van der Waals surface area contributed by atoms with E-state index < -0.39 is 0 Å². The van der Waals surface area contributed by atoms with E-state index in [-0.39, 0.29) is 0 Å². The number of hydrogen-bond donors (Lipinski definition) is 0. The fraction of sp³-hybridized carbons (Fsp3) is 0. The Morgan fingerprint density at radius 2 is 0.833 bits per heavy atom. The largest absolute Gasteiger partial charge is 0.309 e. The van der Waals surface area contributed by atoms with Crippen LogP contribution < -0.4 is 0 Å². The molecule has 12 aromatic rings. The Morgan fingerprint density at radius 3 is 1.47 bits per heavy atom. The van der Waals surface area contributed by atoms with Crippen molar-refractivity contribution in [3.63, 3.8) is 0 Å². The van der Waals surface area contributed by atoms with Gasteiger partial charge in [0.05, 0.1) is 22.2 Å². The van der Waals surface area contributed by atoms with Crippen LogP contribution in [-0.2, 0) is 0 Å². The molecule has 0 unspecified atom stereocenters. The van der Waals surface area contributed by atoms with E-state index in [9.17, 15) is 0 Å². The Morgan fingerprint density at radius 1 is 0.350 bits per heavy atom.